The maximum absolute atomic E-state index is 12.7. The van der Waals surface area contributed by atoms with Gasteiger partial charge in [0.1, 0.15) is 13.2 Å². The molecule has 6 heteroatoms. The predicted octanol–water partition coefficient (Wildman–Crippen LogP) is 19.4. The number of hydrogen-bond donors (Lipinski definition) is 0. The zero-order valence-corrected chi connectivity index (χ0v) is 44.9. The third-order valence-electron chi connectivity index (χ3n) is 12.5. The highest BCUT2D eigenvalue weighted by Crippen LogP contribution is 2.17. The fourth-order valence-electron chi connectivity index (χ4n) is 8.17. The smallest absolute Gasteiger partial charge is 0.310 e. The standard InChI is InChI=1S/C62H108O6/c1-4-7-10-13-16-19-22-24-26-27-28-29-30-31-32-33-34-35-37-38-40-43-46-49-52-55-61(64)67-58-59(57-66-60(63)54-51-48-45-42-21-18-15-12-9-6-3)68-62(65)56-53-50-47-44-41-39-36-25-23-20-17-14-11-8-5-2/h8,11-12,15,17,20,25,36,41,44,50,53,59H,4-7,9-10,13-14,16,18-19,21-24,26-35,37-40,42-43,45-49,51-52,54-58H2,1-3H3/b11-8-,15-12-,20-17-,36-25-,44-41-,53-50-. The van der Waals surface area contributed by atoms with Gasteiger partial charge in [0.05, 0.1) is 6.42 Å². The second-order valence-electron chi connectivity index (χ2n) is 19.2. The molecule has 68 heavy (non-hydrogen) atoms. The van der Waals surface area contributed by atoms with Gasteiger partial charge < -0.3 is 14.2 Å². The van der Waals surface area contributed by atoms with Crippen LogP contribution in [0.4, 0.5) is 0 Å². The van der Waals surface area contributed by atoms with Crippen LogP contribution in [-0.2, 0) is 28.6 Å². The normalized spacial score (nSPS) is 12.6. The lowest BCUT2D eigenvalue weighted by atomic mass is 10.0. The van der Waals surface area contributed by atoms with Gasteiger partial charge >= 0.3 is 17.9 Å². The molecule has 0 spiro atoms. The lowest BCUT2D eigenvalue weighted by Gasteiger charge is -2.18. The molecule has 1 unspecified atom stereocenters. The molecule has 0 aromatic rings. The minimum Gasteiger partial charge on any atom is -0.462 e. The molecule has 392 valence electrons. The summed E-state index contributed by atoms with van der Waals surface area (Å²) in [6.07, 6.45) is 72.3. The molecule has 0 radical (unpaired) electrons. The number of carbonyl (C=O) groups excluding carboxylic acids is 3. The number of unbranched alkanes of at least 4 members (excludes halogenated alkanes) is 30. The maximum Gasteiger partial charge on any atom is 0.310 e. The van der Waals surface area contributed by atoms with Crippen molar-refractivity contribution in [3.05, 3.63) is 72.9 Å². The number of esters is 3. The summed E-state index contributed by atoms with van der Waals surface area (Å²) in [7, 11) is 0. The molecule has 0 aromatic heterocycles. The van der Waals surface area contributed by atoms with Gasteiger partial charge in [-0.05, 0) is 64.2 Å². The van der Waals surface area contributed by atoms with E-state index in [4.69, 9.17) is 14.2 Å². The summed E-state index contributed by atoms with van der Waals surface area (Å²) < 4.78 is 16.7. The summed E-state index contributed by atoms with van der Waals surface area (Å²) in [5, 5.41) is 0. The van der Waals surface area contributed by atoms with Gasteiger partial charge in [-0.25, -0.2) is 0 Å². The Morgan fingerprint density at radius 1 is 0.324 bits per heavy atom. The summed E-state index contributed by atoms with van der Waals surface area (Å²) in [5.74, 6) is -1.05. The van der Waals surface area contributed by atoms with Crippen LogP contribution >= 0.6 is 0 Å². The van der Waals surface area contributed by atoms with E-state index in [0.717, 1.165) is 89.9 Å². The highest BCUT2D eigenvalue weighted by Gasteiger charge is 2.19. The van der Waals surface area contributed by atoms with Gasteiger partial charge in [0.25, 0.3) is 0 Å². The molecule has 0 fully saturated rings. The monoisotopic (exact) mass is 949 g/mol. The summed E-state index contributed by atoms with van der Waals surface area (Å²) >= 11 is 0. The van der Waals surface area contributed by atoms with Crippen LogP contribution in [0.1, 0.15) is 284 Å². The Kier molecular flexibility index (Phi) is 53.8. The molecule has 0 amide bonds. The van der Waals surface area contributed by atoms with E-state index in [-0.39, 0.29) is 31.6 Å². The van der Waals surface area contributed by atoms with Crippen LogP contribution in [-0.4, -0.2) is 37.2 Å². The zero-order valence-electron chi connectivity index (χ0n) is 44.9. The molecule has 0 saturated heterocycles. The number of hydrogen-bond acceptors (Lipinski definition) is 6. The van der Waals surface area contributed by atoms with Crippen molar-refractivity contribution in [2.45, 2.75) is 290 Å². The molecule has 0 saturated carbocycles. The molecule has 0 N–H and O–H groups in total. The van der Waals surface area contributed by atoms with E-state index in [1.807, 2.05) is 6.08 Å². The molecule has 1 atom stereocenters. The van der Waals surface area contributed by atoms with E-state index in [1.54, 1.807) is 6.08 Å². The molecular weight excluding hydrogens is 841 g/mol. The fourth-order valence-corrected chi connectivity index (χ4v) is 8.17. The van der Waals surface area contributed by atoms with Crippen molar-refractivity contribution in [2.75, 3.05) is 13.2 Å². The highest BCUT2D eigenvalue weighted by atomic mass is 16.6. The Balaban J connectivity index is 4.26. The number of rotatable bonds is 52. The molecule has 0 aromatic carbocycles. The van der Waals surface area contributed by atoms with Crippen molar-refractivity contribution >= 4 is 17.9 Å². The van der Waals surface area contributed by atoms with E-state index < -0.39 is 12.1 Å². The first-order valence-corrected chi connectivity index (χ1v) is 28.9. The minimum absolute atomic E-state index is 0.0971. The van der Waals surface area contributed by atoms with Crippen LogP contribution < -0.4 is 0 Å². The van der Waals surface area contributed by atoms with Crippen molar-refractivity contribution in [3.63, 3.8) is 0 Å². The van der Waals surface area contributed by atoms with Crippen molar-refractivity contribution in [1.82, 2.24) is 0 Å². The summed E-state index contributed by atoms with van der Waals surface area (Å²) in [6, 6.07) is 0. The van der Waals surface area contributed by atoms with Crippen LogP contribution in [0, 0.1) is 0 Å². The first kappa shape index (κ1) is 64.8. The summed E-state index contributed by atoms with van der Waals surface area (Å²) in [6.45, 7) is 6.39. The topological polar surface area (TPSA) is 78.9 Å². The van der Waals surface area contributed by atoms with Crippen molar-refractivity contribution < 1.29 is 28.6 Å². The largest absolute Gasteiger partial charge is 0.462 e. The van der Waals surface area contributed by atoms with Gasteiger partial charge in [0, 0.05) is 12.8 Å². The highest BCUT2D eigenvalue weighted by molar-refractivity contribution is 5.72. The van der Waals surface area contributed by atoms with Crippen LogP contribution in [0.3, 0.4) is 0 Å². The van der Waals surface area contributed by atoms with Crippen molar-refractivity contribution in [1.29, 1.82) is 0 Å². The number of carbonyl (C=O) groups is 3. The molecule has 0 aliphatic carbocycles. The lowest BCUT2D eigenvalue weighted by molar-refractivity contribution is -0.166. The molecule has 0 aliphatic rings. The quantitative estimate of drug-likeness (QED) is 0.0262. The van der Waals surface area contributed by atoms with E-state index in [9.17, 15) is 14.4 Å². The maximum atomic E-state index is 12.7. The molecule has 0 bridgehead atoms. The molecule has 6 nitrogen and oxygen atoms in total. The first-order chi connectivity index (χ1) is 33.5. The van der Waals surface area contributed by atoms with E-state index in [0.29, 0.717) is 12.8 Å². The average Bonchev–Trinajstić information content (AvgIpc) is 3.34. The number of ether oxygens (including phenoxy) is 3. The molecule has 0 rings (SSSR count). The van der Waals surface area contributed by atoms with Crippen LogP contribution in [0.15, 0.2) is 72.9 Å². The van der Waals surface area contributed by atoms with Gasteiger partial charge in [-0.1, -0.05) is 273 Å². The van der Waals surface area contributed by atoms with E-state index >= 15 is 0 Å². The molecular formula is C62H108O6. The third-order valence-corrected chi connectivity index (χ3v) is 12.5. The fraction of sp³-hybridized carbons (Fsp3) is 0.758. The zero-order chi connectivity index (χ0) is 49.3. The van der Waals surface area contributed by atoms with E-state index in [2.05, 4.69) is 81.5 Å². The average molecular weight is 950 g/mol. The Labute approximate surface area is 421 Å². The van der Waals surface area contributed by atoms with Crippen LogP contribution in [0.2, 0.25) is 0 Å². The van der Waals surface area contributed by atoms with Crippen molar-refractivity contribution in [3.8, 4) is 0 Å². The SMILES string of the molecule is CC/C=C\C/C=C\C/C=C\C/C=C\C/C=C\CC(=O)OC(COC(=O)CCCCCCC/C=C\CCC)COC(=O)CCCCCCCCCCCCCCCCCCCCCCCCCCC. The summed E-state index contributed by atoms with van der Waals surface area (Å²) in [4.78, 5) is 37.9. The van der Waals surface area contributed by atoms with Gasteiger partial charge in [-0.2, -0.15) is 0 Å². The van der Waals surface area contributed by atoms with Crippen LogP contribution in [0.25, 0.3) is 0 Å². The third kappa shape index (κ3) is 53.8. The molecule has 0 aliphatic heterocycles. The second-order valence-corrected chi connectivity index (χ2v) is 19.2. The first-order valence-electron chi connectivity index (χ1n) is 28.9. The second kappa shape index (κ2) is 56.4. The Morgan fingerprint density at radius 2 is 0.647 bits per heavy atom. The Hall–Kier alpha value is -3.15. The van der Waals surface area contributed by atoms with Gasteiger partial charge in [0.2, 0.25) is 0 Å². The summed E-state index contributed by atoms with van der Waals surface area (Å²) in [5.41, 5.74) is 0. The van der Waals surface area contributed by atoms with E-state index in [1.165, 1.54) is 154 Å². The Morgan fingerprint density at radius 3 is 1.01 bits per heavy atom. The number of allylic oxidation sites excluding steroid dienone is 11. The van der Waals surface area contributed by atoms with Gasteiger partial charge in [-0.15, -0.1) is 0 Å². The van der Waals surface area contributed by atoms with Crippen LogP contribution in [0.5, 0.6) is 0 Å². The molecule has 0 heterocycles. The van der Waals surface area contributed by atoms with Gasteiger partial charge in [-0.3, -0.25) is 14.4 Å². The Bertz CT molecular complexity index is 1270. The predicted molar refractivity (Wildman–Crippen MR) is 293 cm³/mol. The van der Waals surface area contributed by atoms with Gasteiger partial charge in [0.15, 0.2) is 6.10 Å². The minimum atomic E-state index is -0.831. The van der Waals surface area contributed by atoms with Crippen molar-refractivity contribution in [2.24, 2.45) is 0 Å². The lowest BCUT2D eigenvalue weighted by Crippen LogP contribution is -2.30.